The largest absolute Gasteiger partial charge is 0.475 e. The summed E-state index contributed by atoms with van der Waals surface area (Å²) in [5.41, 5.74) is 10.5. The summed E-state index contributed by atoms with van der Waals surface area (Å²) < 4.78 is 22.8. The average molecular weight is 457 g/mol. The van der Waals surface area contributed by atoms with E-state index in [0.717, 1.165) is 32.6 Å². The molecule has 0 saturated heterocycles. The lowest BCUT2D eigenvalue weighted by molar-refractivity contribution is -0.346. The number of phosphoric ester groups is 1. The Hall–Kier alpha value is -0.0900. The second kappa shape index (κ2) is 12.2. The molecule has 0 aromatic rings. The number of hydrogen-bond donors (Lipinski definition) is 6. The highest BCUT2D eigenvalue weighted by Crippen LogP contribution is 2.52. The lowest BCUT2D eigenvalue weighted by Crippen LogP contribution is -2.66. The zero-order valence-corrected chi connectivity index (χ0v) is 20.4. The van der Waals surface area contributed by atoms with Crippen molar-refractivity contribution >= 4 is 7.82 Å². The van der Waals surface area contributed by atoms with E-state index in [1.807, 2.05) is 20.8 Å². The molecule has 0 bridgehead atoms. The van der Waals surface area contributed by atoms with Crippen LogP contribution >= 0.6 is 7.82 Å². The summed E-state index contributed by atoms with van der Waals surface area (Å²) in [4.78, 5) is 10.2. The molecule has 0 radical (unpaired) electrons. The number of unbranched alkanes of at least 4 members (excludes halogenated alkanes) is 4. The molecule has 0 aromatic carbocycles. The molecular formula is C20H45N2O7P. The third kappa shape index (κ3) is 10.5. The Kier molecular flexibility index (Phi) is 12.2. The molecular weight excluding hydrogens is 411 g/mol. The third-order valence-corrected chi connectivity index (χ3v) is 6.19. The zero-order valence-electron chi connectivity index (χ0n) is 19.5. The maximum absolute atomic E-state index is 12.6. The van der Waals surface area contributed by atoms with Gasteiger partial charge in [0, 0.05) is 6.54 Å². The molecule has 0 heterocycles. The minimum atomic E-state index is -4.91. The summed E-state index contributed by atoms with van der Waals surface area (Å²) in [6, 6.07) is -1.54. The second-order valence-electron chi connectivity index (χ2n) is 9.82. The van der Waals surface area contributed by atoms with Crippen molar-refractivity contribution in [3.8, 4) is 0 Å². The van der Waals surface area contributed by atoms with E-state index in [0.29, 0.717) is 12.3 Å². The van der Waals surface area contributed by atoms with Gasteiger partial charge in [-0.3, -0.25) is 4.52 Å². The van der Waals surface area contributed by atoms with Crippen molar-refractivity contribution in [1.29, 1.82) is 0 Å². The van der Waals surface area contributed by atoms with Crippen molar-refractivity contribution in [2.75, 3.05) is 6.54 Å². The van der Waals surface area contributed by atoms with Crippen molar-refractivity contribution in [1.82, 2.24) is 0 Å². The fraction of sp³-hybridized carbons (Fsp3) is 1.00. The van der Waals surface area contributed by atoms with Crippen LogP contribution in [0.25, 0.3) is 0 Å². The molecule has 0 spiro atoms. The monoisotopic (exact) mass is 456 g/mol. The maximum Gasteiger partial charge on any atom is 0.475 e. The number of aliphatic hydroxyl groups is 3. The smallest absolute Gasteiger partial charge is 0.362 e. The van der Waals surface area contributed by atoms with E-state index >= 15 is 0 Å². The van der Waals surface area contributed by atoms with Crippen molar-refractivity contribution < 1.29 is 33.8 Å². The summed E-state index contributed by atoms with van der Waals surface area (Å²) >= 11 is 0. The fourth-order valence-electron chi connectivity index (χ4n) is 3.08. The Morgan fingerprint density at radius 3 is 1.80 bits per heavy atom. The van der Waals surface area contributed by atoms with Crippen LogP contribution in [0.15, 0.2) is 0 Å². The van der Waals surface area contributed by atoms with Gasteiger partial charge in [-0.25, -0.2) is 9.09 Å². The highest BCUT2D eigenvalue weighted by molar-refractivity contribution is 7.47. The molecule has 0 rings (SSSR count). The number of rotatable bonds is 15. The first-order valence-electron chi connectivity index (χ1n) is 10.8. The summed E-state index contributed by atoms with van der Waals surface area (Å²) in [6.45, 7) is 10.4. The molecule has 9 nitrogen and oxygen atoms in total. The first-order valence-corrected chi connectivity index (χ1v) is 12.3. The van der Waals surface area contributed by atoms with Crippen LogP contribution in [-0.4, -0.2) is 50.5 Å². The SMILES string of the molecule is CC(C)CCCCCCCC(OP(=O)(O)OC(O)(C(N)CN)C(C)(O)O)C(C)(C)C. The standard InChI is InChI=1S/C20H45N2O7P/c1-15(2)12-10-8-7-9-11-13-17(18(3,4)5)28-30(26,27)29-20(25,16(22)14-21)19(6,23)24/h15-17,23-25H,7-14,21-22H2,1-6H3,(H,26,27). The number of nitrogens with two attached hydrogens (primary N) is 2. The van der Waals surface area contributed by atoms with Crippen LogP contribution in [0.1, 0.15) is 86.5 Å². The summed E-state index contributed by atoms with van der Waals surface area (Å²) in [5, 5.41) is 30.1. The van der Waals surface area contributed by atoms with Gasteiger partial charge in [-0.2, -0.15) is 0 Å². The van der Waals surface area contributed by atoms with E-state index in [-0.39, 0.29) is 0 Å². The van der Waals surface area contributed by atoms with Crippen molar-refractivity contribution in [2.24, 2.45) is 22.8 Å². The Balaban J connectivity index is 5.00. The predicted molar refractivity (Wildman–Crippen MR) is 117 cm³/mol. The normalized spacial score (nSPS) is 19.4. The molecule has 8 N–H and O–H groups in total. The van der Waals surface area contributed by atoms with Gasteiger partial charge in [0.05, 0.1) is 12.1 Å². The Bertz CT molecular complexity index is 534. The van der Waals surface area contributed by atoms with Crippen LogP contribution in [-0.2, 0) is 13.6 Å². The van der Waals surface area contributed by atoms with E-state index < -0.39 is 43.5 Å². The van der Waals surface area contributed by atoms with Crippen molar-refractivity contribution in [3.63, 3.8) is 0 Å². The van der Waals surface area contributed by atoms with Crippen LogP contribution in [0, 0.1) is 11.3 Å². The van der Waals surface area contributed by atoms with Crippen molar-refractivity contribution in [3.05, 3.63) is 0 Å². The Morgan fingerprint density at radius 2 is 1.40 bits per heavy atom. The number of hydrogen-bond acceptors (Lipinski definition) is 8. The first-order chi connectivity index (χ1) is 13.5. The van der Waals surface area contributed by atoms with Gasteiger partial charge in [0.1, 0.15) is 0 Å². The van der Waals surface area contributed by atoms with E-state index in [1.54, 1.807) is 0 Å². The molecule has 182 valence electrons. The molecule has 0 aliphatic carbocycles. The van der Waals surface area contributed by atoms with Gasteiger partial charge in [-0.15, -0.1) is 0 Å². The molecule has 0 fully saturated rings. The van der Waals surface area contributed by atoms with E-state index in [9.17, 15) is 24.8 Å². The second-order valence-corrected chi connectivity index (χ2v) is 11.1. The minimum absolute atomic E-state index is 0.424. The lowest BCUT2D eigenvalue weighted by Gasteiger charge is -2.41. The Morgan fingerprint density at radius 1 is 0.933 bits per heavy atom. The summed E-state index contributed by atoms with van der Waals surface area (Å²) in [7, 11) is -4.91. The van der Waals surface area contributed by atoms with Crippen LogP contribution in [0.3, 0.4) is 0 Å². The lowest BCUT2D eigenvalue weighted by atomic mass is 9.86. The molecule has 0 aromatic heterocycles. The summed E-state index contributed by atoms with van der Waals surface area (Å²) in [5.74, 6) is -5.24. The number of phosphoric acid groups is 1. The van der Waals surface area contributed by atoms with Gasteiger partial charge >= 0.3 is 7.82 Å². The predicted octanol–water partition coefficient (Wildman–Crippen LogP) is 2.60. The maximum atomic E-state index is 12.6. The van der Waals surface area contributed by atoms with Crippen LogP contribution < -0.4 is 11.5 Å². The summed E-state index contributed by atoms with van der Waals surface area (Å²) in [6.07, 6.45) is 6.25. The minimum Gasteiger partial charge on any atom is -0.362 e. The van der Waals surface area contributed by atoms with Gasteiger partial charge in [0.25, 0.3) is 0 Å². The first kappa shape index (κ1) is 29.9. The average Bonchev–Trinajstić information content (AvgIpc) is 2.56. The van der Waals surface area contributed by atoms with Crippen molar-refractivity contribution in [2.45, 2.75) is 110 Å². The fourth-order valence-corrected chi connectivity index (χ4v) is 4.53. The molecule has 0 aliphatic heterocycles. The third-order valence-electron chi connectivity index (χ3n) is 5.16. The van der Waals surface area contributed by atoms with E-state index in [2.05, 4.69) is 13.8 Å². The molecule has 4 unspecified atom stereocenters. The molecule has 0 amide bonds. The zero-order chi connectivity index (χ0) is 23.8. The van der Waals surface area contributed by atoms with Crippen LogP contribution in [0.5, 0.6) is 0 Å². The van der Waals surface area contributed by atoms with Crippen LogP contribution in [0.2, 0.25) is 0 Å². The Labute approximate surface area is 181 Å². The topological polar surface area (TPSA) is 168 Å². The van der Waals surface area contributed by atoms with Gasteiger partial charge in [-0.05, 0) is 24.7 Å². The molecule has 0 saturated carbocycles. The van der Waals surface area contributed by atoms with Gasteiger partial charge in [-0.1, -0.05) is 73.1 Å². The quantitative estimate of drug-likeness (QED) is 0.123. The van der Waals surface area contributed by atoms with E-state index in [4.69, 9.17) is 20.5 Å². The van der Waals surface area contributed by atoms with E-state index in [1.165, 1.54) is 12.8 Å². The van der Waals surface area contributed by atoms with Gasteiger partial charge in [0.2, 0.25) is 11.6 Å². The van der Waals surface area contributed by atoms with Gasteiger partial charge < -0.3 is 31.7 Å². The highest BCUT2D eigenvalue weighted by Gasteiger charge is 2.55. The van der Waals surface area contributed by atoms with Crippen LogP contribution in [0.4, 0.5) is 0 Å². The molecule has 4 atom stereocenters. The molecule has 10 heteroatoms. The highest BCUT2D eigenvalue weighted by atomic mass is 31.2. The van der Waals surface area contributed by atoms with Gasteiger partial charge in [0.15, 0.2) is 0 Å². The molecule has 0 aliphatic rings. The molecule has 30 heavy (non-hydrogen) atoms.